The molecule has 0 atom stereocenters. The van der Waals surface area contributed by atoms with Crippen molar-refractivity contribution in [2.75, 3.05) is 23.6 Å². The number of aromatic nitrogens is 2. The van der Waals surface area contributed by atoms with E-state index in [0.717, 1.165) is 0 Å². The van der Waals surface area contributed by atoms with Gasteiger partial charge in [0, 0.05) is 10.0 Å². The highest BCUT2D eigenvalue weighted by Gasteiger charge is 2.14. The zero-order chi connectivity index (χ0) is 21.0. The van der Waals surface area contributed by atoms with Crippen LogP contribution in [0.5, 0.6) is 5.75 Å². The highest BCUT2D eigenvalue weighted by atomic mass is 35.5. The quantitative estimate of drug-likeness (QED) is 0.405. The summed E-state index contributed by atoms with van der Waals surface area (Å²) in [5.41, 5.74) is 12.2. The molecule has 5 N–H and O–H groups in total. The first-order chi connectivity index (χ1) is 13.9. The Balaban J connectivity index is 1.77. The molecule has 0 spiro atoms. The van der Waals surface area contributed by atoms with Gasteiger partial charge < -0.3 is 15.8 Å². The van der Waals surface area contributed by atoms with Gasteiger partial charge in [0.2, 0.25) is 0 Å². The molecular formula is C18H15Cl3N6O2. The SMILES string of the molecule is COc1ccc(Cl)cc1Nc1ncnc(NNC(=O)c2ccc(Cl)cc2Cl)c1N. The fourth-order valence-corrected chi connectivity index (χ4v) is 3.02. The lowest BCUT2D eigenvalue weighted by molar-refractivity contribution is 0.0962. The van der Waals surface area contributed by atoms with Crippen LogP contribution in [0.15, 0.2) is 42.7 Å². The molecule has 1 heterocycles. The second-order valence-corrected chi connectivity index (χ2v) is 6.94. The molecule has 0 radical (unpaired) electrons. The highest BCUT2D eigenvalue weighted by molar-refractivity contribution is 6.36. The number of methoxy groups -OCH3 is 1. The van der Waals surface area contributed by atoms with Gasteiger partial charge in [-0.25, -0.2) is 9.97 Å². The Morgan fingerprint density at radius 2 is 1.72 bits per heavy atom. The molecule has 0 unspecified atom stereocenters. The highest BCUT2D eigenvalue weighted by Crippen LogP contribution is 2.33. The minimum absolute atomic E-state index is 0.164. The lowest BCUT2D eigenvalue weighted by atomic mass is 10.2. The van der Waals surface area contributed by atoms with Gasteiger partial charge in [-0.15, -0.1) is 0 Å². The van der Waals surface area contributed by atoms with Crippen molar-refractivity contribution < 1.29 is 9.53 Å². The third-order valence-corrected chi connectivity index (χ3v) is 4.55. The Morgan fingerprint density at radius 1 is 1.03 bits per heavy atom. The van der Waals surface area contributed by atoms with Crippen LogP contribution in [0.3, 0.4) is 0 Å². The summed E-state index contributed by atoms with van der Waals surface area (Å²) in [6.07, 6.45) is 1.28. The number of hydrogen-bond donors (Lipinski definition) is 4. The summed E-state index contributed by atoms with van der Waals surface area (Å²) in [6, 6.07) is 9.60. The molecule has 0 fully saturated rings. The molecular weight excluding hydrogens is 439 g/mol. The lowest BCUT2D eigenvalue weighted by Gasteiger charge is -2.15. The molecule has 2 aromatic carbocycles. The lowest BCUT2D eigenvalue weighted by Crippen LogP contribution is -2.30. The number of halogens is 3. The monoisotopic (exact) mass is 452 g/mol. The molecule has 3 rings (SSSR count). The topological polar surface area (TPSA) is 114 Å². The number of amides is 1. The largest absolute Gasteiger partial charge is 0.495 e. The normalized spacial score (nSPS) is 10.3. The molecule has 3 aromatic rings. The van der Waals surface area contributed by atoms with Crippen molar-refractivity contribution in [3.05, 3.63) is 63.4 Å². The summed E-state index contributed by atoms with van der Waals surface area (Å²) in [7, 11) is 1.53. The smallest absolute Gasteiger partial charge is 0.271 e. The number of hydrogen-bond acceptors (Lipinski definition) is 7. The summed E-state index contributed by atoms with van der Waals surface area (Å²) in [4.78, 5) is 20.5. The van der Waals surface area contributed by atoms with Crippen molar-refractivity contribution in [3.63, 3.8) is 0 Å². The Hall–Kier alpha value is -2.94. The minimum Gasteiger partial charge on any atom is -0.495 e. The van der Waals surface area contributed by atoms with Crippen LogP contribution in [0, 0.1) is 0 Å². The molecule has 1 aromatic heterocycles. The van der Waals surface area contributed by atoms with Gasteiger partial charge in [-0.05, 0) is 36.4 Å². The van der Waals surface area contributed by atoms with Crippen molar-refractivity contribution in [1.29, 1.82) is 0 Å². The zero-order valence-electron chi connectivity index (χ0n) is 15.0. The van der Waals surface area contributed by atoms with E-state index < -0.39 is 5.91 Å². The van der Waals surface area contributed by atoms with Crippen molar-refractivity contribution in [2.24, 2.45) is 0 Å². The number of carbonyl (C=O) groups is 1. The Morgan fingerprint density at radius 3 is 2.45 bits per heavy atom. The Kier molecular flexibility index (Phi) is 6.48. The Bertz CT molecular complexity index is 1060. The number of nitrogens with zero attached hydrogens (tertiary/aromatic N) is 2. The molecule has 150 valence electrons. The van der Waals surface area contributed by atoms with Gasteiger partial charge in [-0.1, -0.05) is 34.8 Å². The van der Waals surface area contributed by atoms with E-state index in [4.69, 9.17) is 45.3 Å². The predicted molar refractivity (Wildman–Crippen MR) is 115 cm³/mol. The number of carbonyl (C=O) groups excluding carboxylic acids is 1. The number of benzene rings is 2. The van der Waals surface area contributed by atoms with Crippen LogP contribution in [0.1, 0.15) is 10.4 Å². The Labute approximate surface area is 181 Å². The molecule has 0 aliphatic heterocycles. The average Bonchev–Trinajstić information content (AvgIpc) is 2.68. The molecule has 0 bridgehead atoms. The molecule has 0 aliphatic carbocycles. The van der Waals surface area contributed by atoms with E-state index in [2.05, 4.69) is 26.1 Å². The third-order valence-electron chi connectivity index (χ3n) is 3.77. The van der Waals surface area contributed by atoms with Crippen LogP contribution in [-0.2, 0) is 0 Å². The van der Waals surface area contributed by atoms with Crippen LogP contribution in [0.2, 0.25) is 15.1 Å². The summed E-state index contributed by atoms with van der Waals surface area (Å²) >= 11 is 17.9. The first kappa shape index (κ1) is 20.8. The van der Waals surface area contributed by atoms with E-state index in [1.165, 1.54) is 25.6 Å². The van der Waals surface area contributed by atoms with E-state index in [9.17, 15) is 4.79 Å². The third kappa shape index (κ3) is 4.92. The van der Waals surface area contributed by atoms with Crippen molar-refractivity contribution in [1.82, 2.24) is 15.4 Å². The van der Waals surface area contributed by atoms with Gasteiger partial charge >= 0.3 is 0 Å². The van der Waals surface area contributed by atoms with Crippen LogP contribution in [0.25, 0.3) is 0 Å². The average molecular weight is 454 g/mol. The van der Waals surface area contributed by atoms with Crippen molar-refractivity contribution >= 4 is 63.7 Å². The number of anilines is 4. The second-order valence-electron chi connectivity index (χ2n) is 5.66. The zero-order valence-corrected chi connectivity index (χ0v) is 17.2. The number of nitrogens with two attached hydrogens (primary N) is 1. The van der Waals surface area contributed by atoms with Gasteiger partial charge in [-0.2, -0.15) is 0 Å². The number of hydrazine groups is 1. The minimum atomic E-state index is -0.490. The van der Waals surface area contributed by atoms with Gasteiger partial charge in [0.05, 0.1) is 23.4 Å². The summed E-state index contributed by atoms with van der Waals surface area (Å²) in [6.45, 7) is 0. The number of nitrogens with one attached hydrogen (secondary N) is 3. The first-order valence-corrected chi connectivity index (χ1v) is 9.25. The van der Waals surface area contributed by atoms with Crippen LogP contribution < -0.4 is 26.6 Å². The summed E-state index contributed by atoms with van der Waals surface area (Å²) in [5.74, 6) is 0.534. The number of ether oxygens (including phenoxy) is 1. The first-order valence-electron chi connectivity index (χ1n) is 8.11. The van der Waals surface area contributed by atoms with Gasteiger partial charge in [-0.3, -0.25) is 15.6 Å². The van der Waals surface area contributed by atoms with E-state index in [-0.39, 0.29) is 22.1 Å². The van der Waals surface area contributed by atoms with Gasteiger partial charge in [0.1, 0.15) is 17.8 Å². The van der Waals surface area contributed by atoms with Crippen LogP contribution >= 0.6 is 34.8 Å². The molecule has 1 amide bonds. The predicted octanol–water partition coefficient (Wildman–Crippen LogP) is 4.53. The van der Waals surface area contributed by atoms with E-state index in [0.29, 0.717) is 27.3 Å². The van der Waals surface area contributed by atoms with Gasteiger partial charge in [0.25, 0.3) is 5.91 Å². The van der Waals surface area contributed by atoms with Crippen molar-refractivity contribution in [3.8, 4) is 5.75 Å². The molecule has 8 nitrogen and oxygen atoms in total. The van der Waals surface area contributed by atoms with Crippen LogP contribution in [-0.4, -0.2) is 23.0 Å². The molecule has 29 heavy (non-hydrogen) atoms. The van der Waals surface area contributed by atoms with Crippen LogP contribution in [0.4, 0.5) is 23.0 Å². The summed E-state index contributed by atoms with van der Waals surface area (Å²) in [5, 5.41) is 4.17. The maximum absolute atomic E-state index is 12.3. The fraction of sp³-hybridized carbons (Fsp3) is 0.0556. The maximum atomic E-state index is 12.3. The number of rotatable bonds is 6. The van der Waals surface area contributed by atoms with E-state index >= 15 is 0 Å². The maximum Gasteiger partial charge on any atom is 0.271 e. The second kappa shape index (κ2) is 9.04. The van der Waals surface area contributed by atoms with Gasteiger partial charge in [0.15, 0.2) is 11.6 Å². The summed E-state index contributed by atoms with van der Waals surface area (Å²) < 4.78 is 5.29. The van der Waals surface area contributed by atoms with E-state index in [1.54, 1.807) is 24.3 Å². The molecule has 0 saturated heterocycles. The fourth-order valence-electron chi connectivity index (χ4n) is 2.36. The standard InChI is InChI=1S/C18H15Cl3N6O2/c1-29-14-5-3-10(20)7-13(14)25-16-15(22)17(24-8-23-16)26-27-18(28)11-4-2-9(19)6-12(11)21/h2-8H,22H2,1H3,(H,27,28)(H2,23,24,25,26). The molecule has 0 saturated carbocycles. The number of nitrogen functional groups attached to an aromatic ring is 1. The van der Waals surface area contributed by atoms with E-state index in [1.807, 2.05) is 0 Å². The van der Waals surface area contributed by atoms with Crippen molar-refractivity contribution in [2.45, 2.75) is 0 Å². The molecule has 11 heteroatoms. The molecule has 0 aliphatic rings.